The van der Waals surface area contributed by atoms with Crippen molar-refractivity contribution >= 4 is 5.91 Å². The van der Waals surface area contributed by atoms with Crippen LogP contribution in [0.1, 0.15) is 33.1 Å². The molecule has 1 aliphatic carbocycles. The van der Waals surface area contributed by atoms with Crippen LogP contribution < -0.4 is 5.73 Å². The summed E-state index contributed by atoms with van der Waals surface area (Å²) in [5.41, 5.74) is 5.64. The second-order valence-electron chi connectivity index (χ2n) is 5.33. The van der Waals surface area contributed by atoms with E-state index in [1.807, 2.05) is 0 Å². The van der Waals surface area contributed by atoms with Gasteiger partial charge < -0.3 is 10.6 Å². The second kappa shape index (κ2) is 4.12. The van der Waals surface area contributed by atoms with Crippen LogP contribution in [0.15, 0.2) is 0 Å². The van der Waals surface area contributed by atoms with E-state index in [1.54, 1.807) is 0 Å². The van der Waals surface area contributed by atoms with Crippen LogP contribution in [0.25, 0.3) is 0 Å². The van der Waals surface area contributed by atoms with Gasteiger partial charge in [-0.25, -0.2) is 0 Å². The lowest BCUT2D eigenvalue weighted by atomic mass is 9.97. The molecule has 0 aromatic carbocycles. The highest BCUT2D eigenvalue weighted by Gasteiger charge is 2.40. The Morgan fingerprint density at radius 3 is 2.60 bits per heavy atom. The van der Waals surface area contributed by atoms with Crippen molar-refractivity contribution in [3.8, 4) is 0 Å². The molecule has 0 aromatic rings. The molecule has 15 heavy (non-hydrogen) atoms. The van der Waals surface area contributed by atoms with Crippen molar-refractivity contribution in [2.45, 2.75) is 39.2 Å². The van der Waals surface area contributed by atoms with Crippen molar-refractivity contribution < 1.29 is 4.79 Å². The second-order valence-corrected chi connectivity index (χ2v) is 5.33. The van der Waals surface area contributed by atoms with E-state index >= 15 is 0 Å². The molecular weight excluding hydrogens is 188 g/mol. The average molecular weight is 210 g/mol. The summed E-state index contributed by atoms with van der Waals surface area (Å²) in [6.45, 7) is 6.13. The Bertz CT molecular complexity index is 254. The molecule has 1 heterocycles. The maximum Gasteiger partial charge on any atom is 0.223 e. The van der Waals surface area contributed by atoms with Gasteiger partial charge in [0.05, 0.1) is 0 Å². The zero-order valence-electron chi connectivity index (χ0n) is 9.78. The first-order chi connectivity index (χ1) is 7.13. The summed E-state index contributed by atoms with van der Waals surface area (Å²) < 4.78 is 0. The van der Waals surface area contributed by atoms with E-state index in [4.69, 9.17) is 5.73 Å². The van der Waals surface area contributed by atoms with Gasteiger partial charge in [-0.2, -0.15) is 0 Å². The van der Waals surface area contributed by atoms with Crippen LogP contribution in [-0.4, -0.2) is 29.9 Å². The maximum atomic E-state index is 11.9. The zero-order chi connectivity index (χ0) is 11.0. The molecule has 1 amide bonds. The lowest BCUT2D eigenvalue weighted by Crippen LogP contribution is -2.39. The van der Waals surface area contributed by atoms with E-state index in [9.17, 15) is 4.79 Å². The first-order valence-corrected chi connectivity index (χ1v) is 6.13. The van der Waals surface area contributed by atoms with Crippen LogP contribution in [0.4, 0.5) is 0 Å². The van der Waals surface area contributed by atoms with Crippen LogP contribution in [0.3, 0.4) is 0 Å². The lowest BCUT2D eigenvalue weighted by molar-refractivity contribution is -0.130. The number of hydrogen-bond acceptors (Lipinski definition) is 2. The number of carbonyl (C=O) groups excluding carboxylic acids is 1. The van der Waals surface area contributed by atoms with E-state index in [0.29, 0.717) is 36.8 Å². The number of rotatable bonds is 2. The molecule has 4 atom stereocenters. The largest absolute Gasteiger partial charge is 0.339 e. The molecule has 0 aromatic heterocycles. The predicted molar refractivity (Wildman–Crippen MR) is 60.2 cm³/mol. The Labute approximate surface area is 92.0 Å². The molecule has 0 bridgehead atoms. The SMILES string of the molecule is CC1CCC(N2CC(CN)CC2=O)C1C. The summed E-state index contributed by atoms with van der Waals surface area (Å²) in [4.78, 5) is 14.0. The molecule has 2 fully saturated rings. The molecule has 4 unspecified atom stereocenters. The van der Waals surface area contributed by atoms with Crippen LogP contribution in [0.2, 0.25) is 0 Å². The van der Waals surface area contributed by atoms with E-state index < -0.39 is 0 Å². The number of carbonyl (C=O) groups is 1. The van der Waals surface area contributed by atoms with Crippen molar-refractivity contribution in [2.75, 3.05) is 13.1 Å². The Kier molecular flexibility index (Phi) is 3.01. The third-order valence-corrected chi connectivity index (χ3v) is 4.39. The topological polar surface area (TPSA) is 46.3 Å². The van der Waals surface area contributed by atoms with Gasteiger partial charge in [-0.15, -0.1) is 0 Å². The normalized spacial score (nSPS) is 41.5. The number of nitrogens with zero attached hydrogens (tertiary/aromatic N) is 1. The molecule has 2 N–H and O–H groups in total. The Morgan fingerprint density at radius 1 is 1.40 bits per heavy atom. The fourth-order valence-corrected chi connectivity index (χ4v) is 3.07. The van der Waals surface area contributed by atoms with E-state index in [2.05, 4.69) is 18.7 Å². The zero-order valence-corrected chi connectivity index (χ0v) is 9.78. The summed E-state index contributed by atoms with van der Waals surface area (Å²) >= 11 is 0. The molecule has 3 nitrogen and oxygen atoms in total. The molecular formula is C12H22N2O. The summed E-state index contributed by atoms with van der Waals surface area (Å²) in [5, 5.41) is 0. The first kappa shape index (κ1) is 10.9. The van der Waals surface area contributed by atoms with Gasteiger partial charge >= 0.3 is 0 Å². The maximum absolute atomic E-state index is 11.9. The van der Waals surface area contributed by atoms with Gasteiger partial charge in [0, 0.05) is 19.0 Å². The van der Waals surface area contributed by atoms with Gasteiger partial charge in [0.25, 0.3) is 0 Å². The number of likely N-dealkylation sites (tertiary alicyclic amines) is 1. The van der Waals surface area contributed by atoms with Gasteiger partial charge in [-0.05, 0) is 37.1 Å². The standard InChI is InChI=1S/C12H22N2O/c1-8-3-4-11(9(8)2)14-7-10(6-13)5-12(14)15/h8-11H,3-7,13H2,1-2H3. The highest BCUT2D eigenvalue weighted by molar-refractivity contribution is 5.79. The van der Waals surface area contributed by atoms with Crippen molar-refractivity contribution in [3.63, 3.8) is 0 Å². The first-order valence-electron chi connectivity index (χ1n) is 6.13. The number of nitrogens with two attached hydrogens (primary N) is 1. The van der Waals surface area contributed by atoms with E-state index in [0.717, 1.165) is 12.5 Å². The van der Waals surface area contributed by atoms with E-state index in [1.165, 1.54) is 12.8 Å². The fraction of sp³-hybridized carbons (Fsp3) is 0.917. The average Bonchev–Trinajstić information content (AvgIpc) is 2.73. The molecule has 1 saturated heterocycles. The summed E-state index contributed by atoms with van der Waals surface area (Å²) in [6.07, 6.45) is 3.13. The molecule has 3 heteroatoms. The Morgan fingerprint density at radius 2 is 2.13 bits per heavy atom. The van der Waals surface area contributed by atoms with Gasteiger partial charge in [-0.3, -0.25) is 4.79 Å². The lowest BCUT2D eigenvalue weighted by Gasteiger charge is -2.29. The minimum absolute atomic E-state index is 0.330. The highest BCUT2D eigenvalue weighted by Crippen LogP contribution is 2.37. The van der Waals surface area contributed by atoms with Crippen molar-refractivity contribution in [3.05, 3.63) is 0 Å². The molecule has 2 aliphatic rings. The monoisotopic (exact) mass is 210 g/mol. The Balaban J connectivity index is 2.02. The van der Waals surface area contributed by atoms with Gasteiger partial charge in [0.15, 0.2) is 0 Å². The molecule has 86 valence electrons. The summed E-state index contributed by atoms with van der Waals surface area (Å²) in [5.74, 6) is 2.15. The molecule has 2 rings (SSSR count). The van der Waals surface area contributed by atoms with Crippen LogP contribution in [0.5, 0.6) is 0 Å². The summed E-state index contributed by atoms with van der Waals surface area (Å²) in [6, 6.07) is 0.490. The van der Waals surface area contributed by atoms with Gasteiger partial charge in [0.2, 0.25) is 5.91 Å². The predicted octanol–water partition coefficient (Wildman–Crippen LogP) is 1.23. The van der Waals surface area contributed by atoms with Crippen molar-refractivity contribution in [2.24, 2.45) is 23.5 Å². The Hall–Kier alpha value is -0.570. The minimum atomic E-state index is 0.330. The smallest absolute Gasteiger partial charge is 0.223 e. The highest BCUT2D eigenvalue weighted by atomic mass is 16.2. The summed E-state index contributed by atoms with van der Waals surface area (Å²) in [7, 11) is 0. The molecule has 1 aliphatic heterocycles. The van der Waals surface area contributed by atoms with Crippen molar-refractivity contribution in [1.29, 1.82) is 0 Å². The molecule has 0 spiro atoms. The minimum Gasteiger partial charge on any atom is -0.339 e. The third-order valence-electron chi connectivity index (χ3n) is 4.39. The van der Waals surface area contributed by atoms with Gasteiger partial charge in [0.1, 0.15) is 0 Å². The van der Waals surface area contributed by atoms with E-state index in [-0.39, 0.29) is 0 Å². The number of hydrogen-bond donors (Lipinski definition) is 1. The number of amides is 1. The van der Waals surface area contributed by atoms with Crippen LogP contribution in [0, 0.1) is 17.8 Å². The third kappa shape index (κ3) is 1.89. The molecule has 1 saturated carbocycles. The van der Waals surface area contributed by atoms with Gasteiger partial charge in [-0.1, -0.05) is 13.8 Å². The van der Waals surface area contributed by atoms with Crippen LogP contribution in [-0.2, 0) is 4.79 Å². The quantitative estimate of drug-likeness (QED) is 0.745. The van der Waals surface area contributed by atoms with Crippen molar-refractivity contribution in [1.82, 2.24) is 4.90 Å². The molecule has 0 radical (unpaired) electrons. The van der Waals surface area contributed by atoms with Crippen LogP contribution >= 0.6 is 0 Å². The fourth-order valence-electron chi connectivity index (χ4n) is 3.07.